The molecule has 19 heavy (non-hydrogen) atoms. The zero-order chi connectivity index (χ0) is 14.0. The first kappa shape index (κ1) is 13.9. The number of nitriles is 1. The summed E-state index contributed by atoms with van der Waals surface area (Å²) >= 11 is 0. The van der Waals surface area contributed by atoms with Crippen LogP contribution in [0, 0.1) is 23.7 Å². The fourth-order valence-electron chi connectivity index (χ4n) is 3.19. The molecular formula is C16H22N2O. The predicted octanol–water partition coefficient (Wildman–Crippen LogP) is 3.30. The molecular weight excluding hydrogens is 236 g/mol. The predicted molar refractivity (Wildman–Crippen MR) is 76.1 cm³/mol. The van der Waals surface area contributed by atoms with Crippen LogP contribution >= 0.6 is 0 Å². The maximum Gasteiger partial charge on any atom is 0.121 e. The zero-order valence-corrected chi connectivity index (χ0v) is 12.2. The van der Waals surface area contributed by atoms with Crippen molar-refractivity contribution in [2.24, 2.45) is 5.41 Å². The highest BCUT2D eigenvalue weighted by Crippen LogP contribution is 2.52. The molecule has 0 radical (unpaired) electrons. The first-order chi connectivity index (χ1) is 9.04. The van der Waals surface area contributed by atoms with E-state index in [0.29, 0.717) is 0 Å². The standard InChI is InChI=1S/C16H22N2O/c1-12-10-13(6-7-14(12)19-4)15(18(2)3)16(11-17)8-5-9-16/h6-7,10,15H,5,8-9H2,1-4H3. The van der Waals surface area contributed by atoms with E-state index in [0.717, 1.165) is 30.6 Å². The SMILES string of the molecule is COc1ccc(C(N(C)C)C2(C#N)CCC2)cc1C. The molecule has 0 aliphatic heterocycles. The van der Waals surface area contributed by atoms with Crippen molar-refractivity contribution >= 4 is 0 Å². The molecule has 3 nitrogen and oxygen atoms in total. The largest absolute Gasteiger partial charge is 0.496 e. The number of benzene rings is 1. The Morgan fingerprint density at radius 3 is 2.42 bits per heavy atom. The van der Waals surface area contributed by atoms with Gasteiger partial charge >= 0.3 is 0 Å². The van der Waals surface area contributed by atoms with Gasteiger partial charge in [-0.05, 0) is 51.1 Å². The Morgan fingerprint density at radius 1 is 1.37 bits per heavy atom. The van der Waals surface area contributed by atoms with E-state index in [2.05, 4.69) is 44.1 Å². The Labute approximate surface area is 115 Å². The number of rotatable bonds is 4. The summed E-state index contributed by atoms with van der Waals surface area (Å²) in [6, 6.07) is 8.98. The minimum Gasteiger partial charge on any atom is -0.496 e. The van der Waals surface area contributed by atoms with Gasteiger partial charge in [0, 0.05) is 0 Å². The average Bonchev–Trinajstić information content (AvgIpc) is 2.33. The van der Waals surface area contributed by atoms with E-state index in [9.17, 15) is 5.26 Å². The molecule has 1 aromatic rings. The molecule has 2 rings (SSSR count). The molecule has 102 valence electrons. The van der Waals surface area contributed by atoms with Gasteiger partial charge in [0.2, 0.25) is 0 Å². The molecule has 1 saturated carbocycles. The Hall–Kier alpha value is -1.53. The van der Waals surface area contributed by atoms with Crippen molar-refractivity contribution < 1.29 is 4.74 Å². The van der Waals surface area contributed by atoms with E-state index in [4.69, 9.17) is 4.74 Å². The van der Waals surface area contributed by atoms with E-state index in [1.54, 1.807) is 7.11 Å². The summed E-state index contributed by atoms with van der Waals surface area (Å²) in [6.07, 6.45) is 3.15. The van der Waals surface area contributed by atoms with Gasteiger partial charge in [0.1, 0.15) is 5.75 Å². The van der Waals surface area contributed by atoms with E-state index < -0.39 is 0 Å². The molecule has 3 heteroatoms. The lowest BCUT2D eigenvalue weighted by atomic mass is 9.63. The van der Waals surface area contributed by atoms with E-state index in [-0.39, 0.29) is 11.5 Å². The second-order valence-electron chi connectivity index (χ2n) is 5.72. The van der Waals surface area contributed by atoms with E-state index in [1.165, 1.54) is 5.56 Å². The van der Waals surface area contributed by atoms with Crippen molar-refractivity contribution in [2.75, 3.05) is 21.2 Å². The summed E-state index contributed by atoms with van der Waals surface area (Å²) in [5.41, 5.74) is 2.12. The lowest BCUT2D eigenvalue weighted by Gasteiger charge is -2.45. The van der Waals surface area contributed by atoms with Crippen molar-refractivity contribution in [3.8, 4) is 11.8 Å². The summed E-state index contributed by atoms with van der Waals surface area (Å²) in [4.78, 5) is 2.17. The Bertz CT molecular complexity index is 498. The number of hydrogen-bond donors (Lipinski definition) is 0. The number of aryl methyl sites for hydroxylation is 1. The quantitative estimate of drug-likeness (QED) is 0.831. The molecule has 0 saturated heterocycles. The fraction of sp³-hybridized carbons (Fsp3) is 0.562. The normalized spacial score (nSPS) is 18.5. The van der Waals surface area contributed by atoms with Gasteiger partial charge in [-0.1, -0.05) is 18.6 Å². The van der Waals surface area contributed by atoms with Gasteiger partial charge in [-0.2, -0.15) is 5.26 Å². The summed E-state index contributed by atoms with van der Waals surface area (Å²) in [5, 5.41) is 9.59. The van der Waals surface area contributed by atoms with Crippen molar-refractivity contribution in [1.82, 2.24) is 4.90 Å². The van der Waals surface area contributed by atoms with Crippen molar-refractivity contribution in [1.29, 1.82) is 5.26 Å². The lowest BCUT2D eigenvalue weighted by molar-refractivity contribution is 0.0748. The summed E-state index contributed by atoms with van der Waals surface area (Å²) < 4.78 is 5.31. The number of methoxy groups -OCH3 is 1. The molecule has 1 aliphatic carbocycles. The van der Waals surface area contributed by atoms with Crippen molar-refractivity contribution in [2.45, 2.75) is 32.2 Å². The first-order valence-electron chi connectivity index (χ1n) is 6.76. The van der Waals surface area contributed by atoms with E-state index >= 15 is 0 Å². The molecule has 0 aromatic heterocycles. The van der Waals surface area contributed by atoms with E-state index in [1.807, 2.05) is 6.07 Å². The van der Waals surface area contributed by atoms with Crippen molar-refractivity contribution in [3.63, 3.8) is 0 Å². The number of hydrogen-bond acceptors (Lipinski definition) is 3. The van der Waals surface area contributed by atoms with Crippen LogP contribution in [-0.2, 0) is 0 Å². The molecule has 1 unspecified atom stereocenters. The number of nitrogens with zero attached hydrogens (tertiary/aromatic N) is 2. The average molecular weight is 258 g/mol. The smallest absolute Gasteiger partial charge is 0.121 e. The van der Waals surface area contributed by atoms with Gasteiger partial charge in [0.25, 0.3) is 0 Å². The molecule has 0 amide bonds. The van der Waals surface area contributed by atoms with Crippen LogP contribution in [0.1, 0.15) is 36.4 Å². The summed E-state index contributed by atoms with van der Waals surface area (Å²) in [7, 11) is 5.80. The third kappa shape index (κ3) is 2.33. The van der Waals surface area contributed by atoms with Crippen LogP contribution in [0.3, 0.4) is 0 Å². The van der Waals surface area contributed by atoms with Gasteiger partial charge in [-0.15, -0.1) is 0 Å². The molecule has 0 bridgehead atoms. The third-order valence-corrected chi connectivity index (χ3v) is 4.24. The van der Waals surface area contributed by atoms with Crippen LogP contribution in [0.4, 0.5) is 0 Å². The Balaban J connectivity index is 2.40. The molecule has 0 N–H and O–H groups in total. The third-order valence-electron chi connectivity index (χ3n) is 4.24. The van der Waals surface area contributed by atoms with Crippen LogP contribution in [-0.4, -0.2) is 26.1 Å². The summed E-state index contributed by atoms with van der Waals surface area (Å²) in [6.45, 7) is 2.05. The van der Waals surface area contributed by atoms with Gasteiger partial charge in [-0.3, -0.25) is 0 Å². The fourth-order valence-corrected chi connectivity index (χ4v) is 3.19. The first-order valence-corrected chi connectivity index (χ1v) is 6.76. The van der Waals surface area contributed by atoms with Crippen LogP contribution in [0.2, 0.25) is 0 Å². The van der Waals surface area contributed by atoms with Crippen LogP contribution in [0.5, 0.6) is 5.75 Å². The lowest BCUT2D eigenvalue weighted by Crippen LogP contribution is -2.41. The molecule has 1 atom stereocenters. The van der Waals surface area contributed by atoms with Gasteiger partial charge in [0.05, 0.1) is 24.6 Å². The molecule has 1 aromatic carbocycles. The highest BCUT2D eigenvalue weighted by atomic mass is 16.5. The number of ether oxygens (including phenoxy) is 1. The highest BCUT2D eigenvalue weighted by Gasteiger charge is 2.46. The van der Waals surface area contributed by atoms with Crippen LogP contribution in [0.25, 0.3) is 0 Å². The maximum absolute atomic E-state index is 9.59. The summed E-state index contributed by atoms with van der Waals surface area (Å²) in [5.74, 6) is 0.904. The maximum atomic E-state index is 9.59. The Morgan fingerprint density at radius 2 is 2.05 bits per heavy atom. The second kappa shape index (κ2) is 5.22. The minimum absolute atomic E-state index is 0.163. The zero-order valence-electron chi connectivity index (χ0n) is 12.2. The Kier molecular flexibility index (Phi) is 3.82. The minimum atomic E-state index is -0.218. The van der Waals surface area contributed by atoms with Gasteiger partial charge in [-0.25, -0.2) is 0 Å². The topological polar surface area (TPSA) is 36.3 Å². The second-order valence-corrected chi connectivity index (χ2v) is 5.72. The van der Waals surface area contributed by atoms with Gasteiger partial charge < -0.3 is 9.64 Å². The highest BCUT2D eigenvalue weighted by molar-refractivity contribution is 5.39. The van der Waals surface area contributed by atoms with Crippen LogP contribution in [0.15, 0.2) is 18.2 Å². The molecule has 1 fully saturated rings. The monoisotopic (exact) mass is 258 g/mol. The molecule has 0 spiro atoms. The van der Waals surface area contributed by atoms with Crippen molar-refractivity contribution in [3.05, 3.63) is 29.3 Å². The molecule has 0 heterocycles. The van der Waals surface area contributed by atoms with Gasteiger partial charge in [0.15, 0.2) is 0 Å². The van der Waals surface area contributed by atoms with Crippen LogP contribution < -0.4 is 4.74 Å². The molecule has 1 aliphatic rings.